The quantitative estimate of drug-likeness (QED) is 0.238. The number of hydrogen-bond acceptors (Lipinski definition) is 7. The number of alkyl halides is 3. The van der Waals surface area contributed by atoms with Gasteiger partial charge in [0.2, 0.25) is 0 Å². The van der Waals surface area contributed by atoms with Gasteiger partial charge in [-0.15, -0.1) is 0 Å². The zero-order chi connectivity index (χ0) is 34.2. The molecule has 0 spiro atoms. The number of carbonyl (C=O) groups is 2. The molecule has 1 aliphatic heterocycles. The first kappa shape index (κ1) is 34.9. The standard InChI is InChI=1S/C35H40F3N5O4/c1-5-46-31-10-7-6-9-27(31)24-11-13-30(28(22-24)32(44)40-15-8-16-41-33(45)47-34(2,3)4)43-19-17-42(18-20-43)29-14-12-26(35(36,37)38)21-25(29)23-39/h6-7,9-14,21-22H,5,8,15-20H2,1-4H3,(H,40,44)(H,41,45). The number of piperazine rings is 1. The van der Waals surface area contributed by atoms with E-state index >= 15 is 0 Å². The molecular formula is C35H40F3N5O4. The number of carbonyl (C=O) groups excluding carboxylic acids is 2. The van der Waals surface area contributed by atoms with E-state index in [0.29, 0.717) is 75.0 Å². The van der Waals surface area contributed by atoms with Gasteiger partial charge in [0, 0.05) is 50.5 Å². The summed E-state index contributed by atoms with van der Waals surface area (Å²) >= 11 is 0. The number of nitrogens with one attached hydrogen (secondary N) is 2. The molecule has 9 nitrogen and oxygen atoms in total. The zero-order valence-electron chi connectivity index (χ0n) is 27.0. The Bertz CT molecular complexity index is 1610. The first-order valence-corrected chi connectivity index (χ1v) is 15.5. The third-order valence-corrected chi connectivity index (χ3v) is 7.45. The summed E-state index contributed by atoms with van der Waals surface area (Å²) in [5, 5.41) is 15.2. The van der Waals surface area contributed by atoms with Gasteiger partial charge in [-0.3, -0.25) is 4.79 Å². The summed E-state index contributed by atoms with van der Waals surface area (Å²) in [4.78, 5) is 29.5. The SMILES string of the molecule is CCOc1ccccc1-c1ccc(N2CCN(c3ccc(C(F)(F)F)cc3C#N)CC2)c(C(=O)NCCCNC(=O)OC(C)(C)C)c1. The zero-order valence-corrected chi connectivity index (χ0v) is 27.0. The molecule has 47 heavy (non-hydrogen) atoms. The Morgan fingerprint density at radius 1 is 0.894 bits per heavy atom. The molecule has 2 N–H and O–H groups in total. The summed E-state index contributed by atoms with van der Waals surface area (Å²) < 4.78 is 50.8. The molecular weight excluding hydrogens is 611 g/mol. The number of hydrogen-bond donors (Lipinski definition) is 2. The van der Waals surface area contributed by atoms with Crippen LogP contribution in [0, 0.1) is 11.3 Å². The first-order chi connectivity index (χ1) is 22.3. The first-order valence-electron chi connectivity index (χ1n) is 15.5. The summed E-state index contributed by atoms with van der Waals surface area (Å²) in [7, 11) is 0. The molecule has 0 saturated carbocycles. The van der Waals surface area contributed by atoms with E-state index in [9.17, 15) is 28.0 Å². The normalized spacial score (nSPS) is 13.5. The number of nitriles is 1. The highest BCUT2D eigenvalue weighted by Crippen LogP contribution is 2.35. The molecule has 1 fully saturated rings. The summed E-state index contributed by atoms with van der Waals surface area (Å²) in [6, 6.07) is 18.4. The molecule has 0 atom stereocenters. The van der Waals surface area contributed by atoms with Gasteiger partial charge in [-0.25, -0.2) is 4.79 Å². The number of ether oxygens (including phenoxy) is 2. The number of benzene rings is 3. The van der Waals surface area contributed by atoms with E-state index in [-0.39, 0.29) is 11.5 Å². The molecule has 12 heteroatoms. The van der Waals surface area contributed by atoms with Crippen LogP contribution < -0.4 is 25.2 Å². The van der Waals surface area contributed by atoms with Crippen LogP contribution in [0.1, 0.15) is 55.6 Å². The molecule has 3 aromatic rings. The van der Waals surface area contributed by atoms with Crippen molar-refractivity contribution in [3.8, 4) is 22.9 Å². The van der Waals surface area contributed by atoms with E-state index in [0.717, 1.165) is 23.3 Å². The van der Waals surface area contributed by atoms with Crippen LogP contribution in [0.4, 0.5) is 29.3 Å². The van der Waals surface area contributed by atoms with Crippen LogP contribution in [-0.4, -0.2) is 63.5 Å². The largest absolute Gasteiger partial charge is 0.493 e. The van der Waals surface area contributed by atoms with Crippen molar-refractivity contribution in [2.45, 2.75) is 45.9 Å². The molecule has 250 valence electrons. The lowest BCUT2D eigenvalue weighted by Crippen LogP contribution is -2.47. The number of para-hydroxylation sites is 1. The maximum atomic E-state index is 13.6. The number of alkyl carbamates (subject to hydrolysis) is 1. The molecule has 0 unspecified atom stereocenters. The second-order valence-electron chi connectivity index (χ2n) is 12.0. The van der Waals surface area contributed by atoms with Crippen molar-refractivity contribution in [3.63, 3.8) is 0 Å². The van der Waals surface area contributed by atoms with Crippen molar-refractivity contribution in [1.29, 1.82) is 5.26 Å². The average Bonchev–Trinajstić information content (AvgIpc) is 3.03. The molecule has 0 radical (unpaired) electrons. The number of rotatable bonds is 10. The van der Waals surface area contributed by atoms with Crippen molar-refractivity contribution in [3.05, 3.63) is 77.4 Å². The topological polar surface area (TPSA) is 107 Å². The van der Waals surface area contributed by atoms with E-state index in [4.69, 9.17) is 9.47 Å². The third kappa shape index (κ3) is 9.31. The molecule has 3 aromatic carbocycles. The predicted octanol–water partition coefficient (Wildman–Crippen LogP) is 6.61. The molecule has 1 heterocycles. The Hall–Kier alpha value is -4.92. The lowest BCUT2D eigenvalue weighted by molar-refractivity contribution is -0.137. The fourth-order valence-corrected chi connectivity index (χ4v) is 5.30. The molecule has 0 aromatic heterocycles. The summed E-state index contributed by atoms with van der Waals surface area (Å²) in [6.45, 7) is 10.2. The van der Waals surface area contributed by atoms with Crippen molar-refractivity contribution in [2.24, 2.45) is 0 Å². The van der Waals surface area contributed by atoms with Crippen LogP contribution in [0.2, 0.25) is 0 Å². The van der Waals surface area contributed by atoms with Gasteiger partial charge in [0.1, 0.15) is 17.4 Å². The maximum absolute atomic E-state index is 13.6. The second kappa shape index (κ2) is 15.1. The molecule has 2 amide bonds. The molecule has 1 saturated heterocycles. The predicted molar refractivity (Wildman–Crippen MR) is 175 cm³/mol. The smallest absolute Gasteiger partial charge is 0.416 e. The van der Waals surface area contributed by atoms with Gasteiger partial charge >= 0.3 is 12.3 Å². The lowest BCUT2D eigenvalue weighted by atomic mass is 9.99. The summed E-state index contributed by atoms with van der Waals surface area (Å²) in [5.41, 5.74) is 1.74. The fraction of sp³-hybridized carbons (Fsp3) is 0.400. The van der Waals surface area contributed by atoms with Gasteiger partial charge in [0.25, 0.3) is 5.91 Å². The van der Waals surface area contributed by atoms with Gasteiger partial charge in [-0.1, -0.05) is 24.3 Å². The second-order valence-corrected chi connectivity index (χ2v) is 12.0. The number of anilines is 2. The van der Waals surface area contributed by atoms with Crippen LogP contribution >= 0.6 is 0 Å². The summed E-state index contributed by atoms with van der Waals surface area (Å²) in [6.07, 6.45) is -4.58. The Morgan fingerprint density at radius 3 is 2.17 bits per heavy atom. The Morgan fingerprint density at radius 2 is 1.53 bits per heavy atom. The van der Waals surface area contributed by atoms with Crippen LogP contribution in [0.25, 0.3) is 11.1 Å². The van der Waals surface area contributed by atoms with Crippen molar-refractivity contribution in [1.82, 2.24) is 10.6 Å². The highest BCUT2D eigenvalue weighted by Gasteiger charge is 2.32. The minimum Gasteiger partial charge on any atom is -0.493 e. The number of nitrogens with zero attached hydrogens (tertiary/aromatic N) is 3. The highest BCUT2D eigenvalue weighted by molar-refractivity contribution is 6.01. The molecule has 1 aliphatic rings. The molecule has 4 rings (SSSR count). The van der Waals surface area contributed by atoms with E-state index in [1.54, 1.807) is 20.8 Å². The van der Waals surface area contributed by atoms with Crippen LogP contribution in [0.5, 0.6) is 5.75 Å². The van der Waals surface area contributed by atoms with Gasteiger partial charge in [-0.05, 0) is 76.1 Å². The van der Waals surface area contributed by atoms with E-state index in [1.165, 1.54) is 6.07 Å². The third-order valence-electron chi connectivity index (χ3n) is 7.45. The van der Waals surface area contributed by atoms with Crippen LogP contribution in [0.15, 0.2) is 60.7 Å². The monoisotopic (exact) mass is 651 g/mol. The van der Waals surface area contributed by atoms with E-state index in [1.807, 2.05) is 60.4 Å². The van der Waals surface area contributed by atoms with Gasteiger partial charge in [-0.2, -0.15) is 18.4 Å². The fourth-order valence-electron chi connectivity index (χ4n) is 5.30. The van der Waals surface area contributed by atoms with Gasteiger partial charge in [0.05, 0.1) is 29.0 Å². The van der Waals surface area contributed by atoms with Gasteiger partial charge in [0.15, 0.2) is 0 Å². The van der Waals surface area contributed by atoms with Gasteiger partial charge < -0.3 is 29.9 Å². The minimum absolute atomic E-state index is 0.0354. The highest BCUT2D eigenvalue weighted by atomic mass is 19.4. The lowest BCUT2D eigenvalue weighted by Gasteiger charge is -2.38. The Balaban J connectivity index is 1.52. The van der Waals surface area contributed by atoms with Crippen molar-refractivity contribution < 1.29 is 32.2 Å². The number of halogens is 3. The maximum Gasteiger partial charge on any atom is 0.416 e. The van der Waals surface area contributed by atoms with E-state index in [2.05, 4.69) is 15.5 Å². The van der Waals surface area contributed by atoms with Crippen molar-refractivity contribution >= 4 is 23.4 Å². The Kier molecular flexibility index (Phi) is 11.2. The van der Waals surface area contributed by atoms with Crippen LogP contribution in [-0.2, 0) is 10.9 Å². The average molecular weight is 652 g/mol. The number of amides is 2. The summed E-state index contributed by atoms with van der Waals surface area (Å²) in [5.74, 6) is 0.408. The molecule has 0 aliphatic carbocycles. The van der Waals surface area contributed by atoms with Crippen LogP contribution in [0.3, 0.4) is 0 Å². The minimum atomic E-state index is -4.54. The van der Waals surface area contributed by atoms with E-state index < -0.39 is 23.4 Å². The van der Waals surface area contributed by atoms with Crippen molar-refractivity contribution in [2.75, 3.05) is 55.7 Å². The Labute approximate surface area is 273 Å². The molecule has 0 bridgehead atoms.